The zero-order valence-corrected chi connectivity index (χ0v) is 18.2. The van der Waals surface area contributed by atoms with Crippen LogP contribution in [-0.2, 0) is 25.1 Å². The Hall–Kier alpha value is -2.93. The number of aromatic nitrogens is 2. The van der Waals surface area contributed by atoms with Gasteiger partial charge in [-0.05, 0) is 29.8 Å². The van der Waals surface area contributed by atoms with Crippen LogP contribution in [0.4, 0.5) is 51.1 Å². The normalized spacial score (nSPS) is 12.7. The van der Waals surface area contributed by atoms with Crippen LogP contribution >= 0.6 is 23.2 Å². The van der Waals surface area contributed by atoms with E-state index in [9.17, 15) is 44.3 Å². The highest BCUT2D eigenvalue weighted by Crippen LogP contribution is 2.40. The first-order valence-corrected chi connectivity index (χ1v) is 9.92. The SMILES string of the molecule is O=c1c(Cl)c(C(F)(F)F)nc(Nc2cc(C(F)(F)F)ccc2C(F)(F)F)n1Cc1ccccc1Cl. The van der Waals surface area contributed by atoms with E-state index in [1.165, 1.54) is 24.3 Å². The third-order valence-electron chi connectivity index (χ3n) is 4.57. The summed E-state index contributed by atoms with van der Waals surface area (Å²) >= 11 is 11.5. The van der Waals surface area contributed by atoms with Gasteiger partial charge in [0.25, 0.3) is 5.56 Å². The van der Waals surface area contributed by atoms with Gasteiger partial charge in [0.15, 0.2) is 5.69 Å². The van der Waals surface area contributed by atoms with E-state index in [1.807, 2.05) is 5.32 Å². The topological polar surface area (TPSA) is 46.9 Å². The number of hydrogen-bond donors (Lipinski definition) is 1. The molecule has 0 bridgehead atoms. The zero-order chi connectivity index (χ0) is 26.3. The molecule has 1 aromatic heterocycles. The maximum Gasteiger partial charge on any atom is 0.435 e. The van der Waals surface area contributed by atoms with E-state index in [1.54, 1.807) is 0 Å². The predicted molar refractivity (Wildman–Crippen MR) is 109 cm³/mol. The minimum atomic E-state index is -5.31. The standard InChI is InChI=1S/C20H10Cl2F9N3O/c21-12-4-2-1-3-9(12)8-34-16(35)14(22)15(20(29,30)31)33-17(34)32-13-7-10(18(23,24)25)5-6-11(13)19(26,27)28/h1-7H,8H2,(H,32,33). The number of alkyl halides is 9. The van der Waals surface area contributed by atoms with Gasteiger partial charge in [-0.25, -0.2) is 4.98 Å². The second-order valence-corrected chi connectivity index (χ2v) is 7.74. The fraction of sp³-hybridized carbons (Fsp3) is 0.200. The van der Waals surface area contributed by atoms with Crippen molar-refractivity contribution >= 4 is 34.8 Å². The summed E-state index contributed by atoms with van der Waals surface area (Å²) in [6.45, 7) is -0.619. The van der Waals surface area contributed by atoms with Gasteiger partial charge in [-0.2, -0.15) is 39.5 Å². The van der Waals surface area contributed by atoms with Crippen molar-refractivity contribution in [2.75, 3.05) is 5.32 Å². The molecule has 0 saturated carbocycles. The summed E-state index contributed by atoms with van der Waals surface area (Å²) < 4.78 is 120. The molecule has 0 unspecified atom stereocenters. The van der Waals surface area contributed by atoms with Gasteiger partial charge < -0.3 is 5.32 Å². The van der Waals surface area contributed by atoms with Gasteiger partial charge in [0.1, 0.15) is 5.02 Å². The Kier molecular flexibility index (Phi) is 7.06. The van der Waals surface area contributed by atoms with Crippen molar-refractivity contribution in [1.82, 2.24) is 9.55 Å². The Balaban J connectivity index is 2.28. The highest BCUT2D eigenvalue weighted by molar-refractivity contribution is 6.31. The lowest BCUT2D eigenvalue weighted by Crippen LogP contribution is -2.29. The molecule has 0 amide bonds. The fourth-order valence-corrected chi connectivity index (χ4v) is 3.40. The van der Waals surface area contributed by atoms with Gasteiger partial charge >= 0.3 is 18.5 Å². The van der Waals surface area contributed by atoms with Crippen molar-refractivity contribution in [3.63, 3.8) is 0 Å². The molecule has 3 rings (SSSR count). The molecule has 0 aliphatic heterocycles. The first kappa shape index (κ1) is 26.7. The summed E-state index contributed by atoms with van der Waals surface area (Å²) in [5.41, 5.74) is -7.79. The van der Waals surface area contributed by atoms with Crippen molar-refractivity contribution in [2.45, 2.75) is 25.1 Å². The van der Waals surface area contributed by atoms with Gasteiger partial charge in [0.2, 0.25) is 5.95 Å². The molecule has 0 aliphatic rings. The minimum absolute atomic E-state index is 0.0384. The van der Waals surface area contributed by atoms with E-state index < -0.39 is 64.1 Å². The average Bonchev–Trinajstić information content (AvgIpc) is 2.72. The molecular weight excluding hydrogens is 540 g/mol. The number of anilines is 2. The quantitative estimate of drug-likeness (QED) is 0.345. The highest BCUT2D eigenvalue weighted by atomic mass is 35.5. The van der Waals surface area contributed by atoms with Crippen LogP contribution in [0.3, 0.4) is 0 Å². The van der Waals surface area contributed by atoms with Gasteiger partial charge in [0, 0.05) is 5.02 Å². The zero-order valence-electron chi connectivity index (χ0n) is 16.7. The molecule has 35 heavy (non-hydrogen) atoms. The molecule has 1 heterocycles. The van der Waals surface area contributed by atoms with Crippen molar-refractivity contribution < 1.29 is 39.5 Å². The molecule has 1 N–H and O–H groups in total. The minimum Gasteiger partial charge on any atom is -0.325 e. The maximum absolute atomic E-state index is 13.5. The Labute approximate surface area is 199 Å². The van der Waals surface area contributed by atoms with Gasteiger partial charge in [0.05, 0.1) is 23.4 Å². The molecule has 0 radical (unpaired) electrons. The van der Waals surface area contributed by atoms with Crippen LogP contribution < -0.4 is 10.9 Å². The number of hydrogen-bond acceptors (Lipinski definition) is 3. The van der Waals surface area contributed by atoms with Crippen molar-refractivity contribution in [1.29, 1.82) is 0 Å². The highest BCUT2D eigenvalue weighted by Gasteiger charge is 2.40. The van der Waals surface area contributed by atoms with E-state index >= 15 is 0 Å². The molecule has 188 valence electrons. The molecule has 4 nitrogen and oxygen atoms in total. The van der Waals surface area contributed by atoms with Gasteiger partial charge in [-0.1, -0.05) is 41.4 Å². The lowest BCUT2D eigenvalue weighted by Gasteiger charge is -2.20. The fourth-order valence-electron chi connectivity index (χ4n) is 2.95. The maximum atomic E-state index is 13.5. The second-order valence-electron chi connectivity index (χ2n) is 6.96. The number of halogens is 11. The predicted octanol–water partition coefficient (Wildman–Crippen LogP) is 7.40. The third kappa shape index (κ3) is 5.84. The number of nitrogens with zero attached hydrogens (tertiary/aromatic N) is 2. The van der Waals surface area contributed by atoms with Crippen LogP contribution in [0, 0.1) is 0 Å². The average molecular weight is 550 g/mol. The molecule has 0 atom stereocenters. The number of benzene rings is 2. The first-order chi connectivity index (χ1) is 16.0. The third-order valence-corrected chi connectivity index (χ3v) is 5.28. The monoisotopic (exact) mass is 549 g/mol. The van der Waals surface area contributed by atoms with Crippen LogP contribution in [0.5, 0.6) is 0 Å². The Morgan fingerprint density at radius 2 is 1.49 bits per heavy atom. The molecular formula is C20H10Cl2F9N3O. The molecule has 0 spiro atoms. The molecule has 0 aliphatic carbocycles. The summed E-state index contributed by atoms with van der Waals surface area (Å²) in [7, 11) is 0. The summed E-state index contributed by atoms with van der Waals surface area (Å²) in [5.74, 6) is -1.14. The Morgan fingerprint density at radius 3 is 2.03 bits per heavy atom. The molecule has 3 aromatic rings. The van der Waals surface area contributed by atoms with Crippen molar-refractivity contribution in [3.05, 3.63) is 85.2 Å². The van der Waals surface area contributed by atoms with Crippen LogP contribution in [0.2, 0.25) is 10.0 Å². The number of nitrogens with one attached hydrogen (secondary N) is 1. The molecule has 2 aromatic carbocycles. The van der Waals surface area contributed by atoms with Crippen LogP contribution in [-0.4, -0.2) is 9.55 Å². The lowest BCUT2D eigenvalue weighted by molar-refractivity contribution is -0.141. The number of rotatable bonds is 4. The van der Waals surface area contributed by atoms with Crippen LogP contribution in [0.25, 0.3) is 0 Å². The van der Waals surface area contributed by atoms with E-state index in [2.05, 4.69) is 4.98 Å². The van der Waals surface area contributed by atoms with E-state index in [0.29, 0.717) is 4.57 Å². The van der Waals surface area contributed by atoms with E-state index in [0.717, 1.165) is 0 Å². The molecule has 0 fully saturated rings. The summed E-state index contributed by atoms with van der Waals surface area (Å²) in [4.78, 5) is 15.8. The molecule has 15 heteroatoms. The first-order valence-electron chi connectivity index (χ1n) is 9.16. The van der Waals surface area contributed by atoms with Gasteiger partial charge in [-0.15, -0.1) is 0 Å². The second kappa shape index (κ2) is 9.26. The molecule has 0 saturated heterocycles. The van der Waals surface area contributed by atoms with Crippen LogP contribution in [0.1, 0.15) is 22.4 Å². The van der Waals surface area contributed by atoms with E-state index in [4.69, 9.17) is 23.2 Å². The Bertz CT molecular complexity index is 1320. The summed E-state index contributed by atoms with van der Waals surface area (Å²) in [6.07, 6.45) is -15.6. The summed E-state index contributed by atoms with van der Waals surface area (Å²) in [5, 5.41) is 0.456. The summed E-state index contributed by atoms with van der Waals surface area (Å²) in [6, 6.07) is 5.95. The lowest BCUT2D eigenvalue weighted by atomic mass is 10.1. The van der Waals surface area contributed by atoms with E-state index in [-0.39, 0.29) is 28.8 Å². The van der Waals surface area contributed by atoms with Gasteiger partial charge in [-0.3, -0.25) is 9.36 Å². The van der Waals surface area contributed by atoms with Crippen molar-refractivity contribution in [2.24, 2.45) is 0 Å². The smallest absolute Gasteiger partial charge is 0.325 e. The van der Waals surface area contributed by atoms with Crippen LogP contribution in [0.15, 0.2) is 47.3 Å². The Morgan fingerprint density at radius 1 is 0.857 bits per heavy atom. The largest absolute Gasteiger partial charge is 0.435 e. The van der Waals surface area contributed by atoms with Crippen molar-refractivity contribution in [3.8, 4) is 0 Å².